The quantitative estimate of drug-likeness (QED) is 0.779. The Hall–Kier alpha value is -0.990. The molecule has 3 rings (SSSR count). The van der Waals surface area contributed by atoms with Crippen LogP contribution in [-0.2, 0) is 0 Å². The van der Waals surface area contributed by atoms with E-state index >= 15 is 0 Å². The molecule has 84 valence electrons. The minimum atomic E-state index is 0.603. The van der Waals surface area contributed by atoms with Gasteiger partial charge < -0.3 is 10.3 Å². The topological polar surface area (TPSA) is 27.8 Å². The van der Waals surface area contributed by atoms with Gasteiger partial charge in [0.25, 0.3) is 0 Å². The largest absolute Gasteiger partial charge is 0.360 e. The predicted molar refractivity (Wildman–Crippen MR) is 68.2 cm³/mol. The van der Waals surface area contributed by atoms with Crippen molar-refractivity contribution in [2.24, 2.45) is 0 Å². The van der Waals surface area contributed by atoms with Gasteiger partial charge in [0.15, 0.2) is 0 Å². The lowest BCUT2D eigenvalue weighted by Crippen LogP contribution is -2.28. The van der Waals surface area contributed by atoms with Crippen molar-refractivity contribution in [1.82, 2.24) is 10.3 Å². The fraction of sp³-hybridized carbons (Fsp3) is 0.385. The van der Waals surface area contributed by atoms with E-state index in [1.165, 1.54) is 23.8 Å². The molecule has 0 bridgehead atoms. The first-order chi connectivity index (χ1) is 7.86. The van der Waals surface area contributed by atoms with Crippen molar-refractivity contribution in [3.63, 3.8) is 0 Å². The Kier molecular flexibility index (Phi) is 2.62. The highest BCUT2D eigenvalue weighted by Crippen LogP contribution is 2.33. The summed E-state index contributed by atoms with van der Waals surface area (Å²) in [5, 5.41) is 5.51. The van der Waals surface area contributed by atoms with Gasteiger partial charge >= 0.3 is 0 Å². The standard InChI is InChI=1S/C13H15ClN2/c14-11-8-16-12-5-1-4-10(13(11)12)9-3-2-6-15-7-9/h1,4-5,8-9,15-16H,2-3,6-7H2. The molecule has 1 aromatic heterocycles. The predicted octanol–water partition coefficient (Wildman–Crippen LogP) is 3.29. The molecule has 2 N–H and O–H groups in total. The summed E-state index contributed by atoms with van der Waals surface area (Å²) in [5.41, 5.74) is 2.53. The lowest BCUT2D eigenvalue weighted by atomic mass is 9.89. The van der Waals surface area contributed by atoms with Crippen LogP contribution in [-0.4, -0.2) is 18.1 Å². The third-order valence-corrected chi connectivity index (χ3v) is 3.72. The van der Waals surface area contributed by atoms with E-state index in [4.69, 9.17) is 11.6 Å². The molecule has 3 heteroatoms. The van der Waals surface area contributed by atoms with Crippen molar-refractivity contribution in [3.05, 3.63) is 35.0 Å². The second kappa shape index (κ2) is 4.11. The number of benzene rings is 1. The van der Waals surface area contributed by atoms with E-state index in [0.29, 0.717) is 5.92 Å². The van der Waals surface area contributed by atoms with Crippen LogP contribution in [0.4, 0.5) is 0 Å². The molecule has 16 heavy (non-hydrogen) atoms. The number of nitrogens with one attached hydrogen (secondary N) is 2. The van der Waals surface area contributed by atoms with Gasteiger partial charge in [0.1, 0.15) is 0 Å². The average molecular weight is 235 g/mol. The van der Waals surface area contributed by atoms with Crippen LogP contribution >= 0.6 is 11.6 Å². The third kappa shape index (κ3) is 1.62. The molecule has 1 unspecified atom stereocenters. The molecule has 1 aromatic carbocycles. The number of piperidine rings is 1. The van der Waals surface area contributed by atoms with Gasteiger partial charge in [-0.1, -0.05) is 23.7 Å². The van der Waals surface area contributed by atoms with Crippen molar-refractivity contribution in [2.45, 2.75) is 18.8 Å². The van der Waals surface area contributed by atoms with E-state index in [-0.39, 0.29) is 0 Å². The highest BCUT2D eigenvalue weighted by Gasteiger charge is 2.18. The second-order valence-corrected chi connectivity index (χ2v) is 4.86. The van der Waals surface area contributed by atoms with E-state index < -0.39 is 0 Å². The molecule has 2 aromatic rings. The van der Waals surface area contributed by atoms with Gasteiger partial charge in [-0.2, -0.15) is 0 Å². The summed E-state index contributed by atoms with van der Waals surface area (Å²) in [6.07, 6.45) is 4.39. The molecular weight excluding hydrogens is 220 g/mol. The number of rotatable bonds is 1. The number of aromatic amines is 1. The number of hydrogen-bond donors (Lipinski definition) is 2. The van der Waals surface area contributed by atoms with Crippen LogP contribution in [0.25, 0.3) is 10.9 Å². The molecule has 1 atom stereocenters. The Morgan fingerprint density at radius 2 is 2.25 bits per heavy atom. The first-order valence-corrected chi connectivity index (χ1v) is 6.20. The maximum Gasteiger partial charge on any atom is 0.0662 e. The zero-order valence-corrected chi connectivity index (χ0v) is 9.85. The van der Waals surface area contributed by atoms with Crippen molar-refractivity contribution in [1.29, 1.82) is 0 Å². The van der Waals surface area contributed by atoms with Crippen LogP contribution in [0.1, 0.15) is 24.3 Å². The molecule has 0 saturated carbocycles. The number of H-pyrrole nitrogens is 1. The van der Waals surface area contributed by atoms with Crippen LogP contribution < -0.4 is 5.32 Å². The van der Waals surface area contributed by atoms with E-state index in [1.54, 1.807) is 0 Å². The van der Waals surface area contributed by atoms with Gasteiger partial charge in [-0.3, -0.25) is 0 Å². The lowest BCUT2D eigenvalue weighted by molar-refractivity contribution is 0.463. The van der Waals surface area contributed by atoms with E-state index in [1.807, 2.05) is 6.20 Å². The number of fused-ring (bicyclic) bond motifs is 1. The summed E-state index contributed by atoms with van der Waals surface area (Å²) in [4.78, 5) is 3.21. The zero-order chi connectivity index (χ0) is 11.0. The Bertz CT molecular complexity index is 498. The SMILES string of the molecule is Clc1c[nH]c2cccc(C3CCCNC3)c12. The van der Waals surface area contributed by atoms with E-state index in [9.17, 15) is 0 Å². The third-order valence-electron chi connectivity index (χ3n) is 3.43. The first-order valence-electron chi connectivity index (χ1n) is 5.82. The van der Waals surface area contributed by atoms with Gasteiger partial charge in [0, 0.05) is 23.6 Å². The summed E-state index contributed by atoms with van der Waals surface area (Å²) < 4.78 is 0. The summed E-state index contributed by atoms with van der Waals surface area (Å²) >= 11 is 6.25. The van der Waals surface area contributed by atoms with E-state index in [2.05, 4.69) is 28.5 Å². The molecule has 1 aliphatic heterocycles. The van der Waals surface area contributed by atoms with Gasteiger partial charge in [-0.05, 0) is 36.9 Å². The molecule has 2 nitrogen and oxygen atoms in total. The fourth-order valence-electron chi connectivity index (χ4n) is 2.63. The Balaban J connectivity index is 2.10. The van der Waals surface area contributed by atoms with Gasteiger partial charge in [-0.15, -0.1) is 0 Å². The highest BCUT2D eigenvalue weighted by atomic mass is 35.5. The number of aromatic nitrogens is 1. The Labute approximate surface area is 100.0 Å². The van der Waals surface area contributed by atoms with Crippen molar-refractivity contribution >= 4 is 22.5 Å². The Morgan fingerprint density at radius 3 is 3.06 bits per heavy atom. The monoisotopic (exact) mass is 234 g/mol. The average Bonchev–Trinajstić information content (AvgIpc) is 2.73. The molecule has 0 aliphatic carbocycles. The fourth-order valence-corrected chi connectivity index (χ4v) is 2.89. The smallest absolute Gasteiger partial charge is 0.0662 e. The molecule has 1 saturated heterocycles. The maximum absolute atomic E-state index is 6.25. The van der Waals surface area contributed by atoms with Crippen LogP contribution in [0.2, 0.25) is 5.02 Å². The molecule has 2 heterocycles. The molecular formula is C13H15ClN2. The molecule has 1 fully saturated rings. The van der Waals surface area contributed by atoms with Gasteiger partial charge in [-0.25, -0.2) is 0 Å². The summed E-state index contributed by atoms with van der Waals surface area (Å²) in [5.74, 6) is 0.603. The molecule has 1 aliphatic rings. The first kappa shape index (κ1) is 10.2. The zero-order valence-electron chi connectivity index (χ0n) is 9.09. The minimum absolute atomic E-state index is 0.603. The van der Waals surface area contributed by atoms with Gasteiger partial charge in [0.2, 0.25) is 0 Å². The normalized spacial score (nSPS) is 21.4. The highest BCUT2D eigenvalue weighted by molar-refractivity contribution is 6.35. The van der Waals surface area contributed by atoms with Crippen LogP contribution in [0, 0.1) is 0 Å². The van der Waals surface area contributed by atoms with Crippen molar-refractivity contribution < 1.29 is 0 Å². The van der Waals surface area contributed by atoms with E-state index in [0.717, 1.165) is 23.6 Å². The molecule has 0 amide bonds. The van der Waals surface area contributed by atoms with Crippen molar-refractivity contribution in [2.75, 3.05) is 13.1 Å². The number of halogens is 1. The van der Waals surface area contributed by atoms with Crippen molar-refractivity contribution in [3.8, 4) is 0 Å². The van der Waals surface area contributed by atoms with Crippen LogP contribution in [0.3, 0.4) is 0 Å². The summed E-state index contributed by atoms with van der Waals surface area (Å²) in [7, 11) is 0. The Morgan fingerprint density at radius 1 is 1.31 bits per heavy atom. The number of hydrogen-bond acceptors (Lipinski definition) is 1. The van der Waals surface area contributed by atoms with Gasteiger partial charge in [0.05, 0.1) is 5.02 Å². The summed E-state index contributed by atoms with van der Waals surface area (Å²) in [6, 6.07) is 6.40. The molecule has 0 spiro atoms. The maximum atomic E-state index is 6.25. The minimum Gasteiger partial charge on any atom is -0.360 e. The second-order valence-electron chi connectivity index (χ2n) is 4.45. The van der Waals surface area contributed by atoms with Crippen LogP contribution in [0.15, 0.2) is 24.4 Å². The lowest BCUT2D eigenvalue weighted by Gasteiger charge is -2.23. The summed E-state index contributed by atoms with van der Waals surface area (Å²) in [6.45, 7) is 2.22. The molecule has 0 radical (unpaired) electrons. The van der Waals surface area contributed by atoms with Crippen LogP contribution in [0.5, 0.6) is 0 Å².